The Hall–Kier alpha value is -2.75. The summed E-state index contributed by atoms with van der Waals surface area (Å²) in [5.74, 6) is 0.666. The maximum Gasteiger partial charge on any atom is 0.387 e. The summed E-state index contributed by atoms with van der Waals surface area (Å²) < 4.78 is 30.6. The number of hydrogen-bond donors (Lipinski definition) is 3. The lowest BCUT2D eigenvalue weighted by Gasteiger charge is -2.14. The first-order chi connectivity index (χ1) is 13.6. The van der Waals surface area contributed by atoms with E-state index in [9.17, 15) is 13.9 Å². The number of alkyl halides is 2. The molecule has 8 nitrogen and oxygen atoms in total. The number of aromatic nitrogens is 3. The molecule has 0 amide bonds. The van der Waals surface area contributed by atoms with Crippen molar-refractivity contribution in [3.05, 3.63) is 42.5 Å². The highest BCUT2D eigenvalue weighted by Crippen LogP contribution is 2.19. The van der Waals surface area contributed by atoms with Crippen molar-refractivity contribution in [3.63, 3.8) is 0 Å². The highest BCUT2D eigenvalue weighted by Gasteiger charge is 2.09. The van der Waals surface area contributed by atoms with Crippen LogP contribution in [-0.4, -0.2) is 52.1 Å². The Bertz CT molecular complexity index is 695. The maximum atomic E-state index is 12.2. The van der Waals surface area contributed by atoms with Crippen LogP contribution in [0.1, 0.15) is 31.4 Å². The zero-order chi connectivity index (χ0) is 20.2. The Labute approximate surface area is 162 Å². The summed E-state index contributed by atoms with van der Waals surface area (Å²) in [5, 5.41) is 24.1. The number of hydrogen-bond acceptors (Lipinski definition) is 5. The van der Waals surface area contributed by atoms with Crippen molar-refractivity contribution in [2.75, 3.05) is 19.6 Å². The van der Waals surface area contributed by atoms with Gasteiger partial charge in [-0.25, -0.2) is 0 Å². The molecule has 2 aromatic rings. The van der Waals surface area contributed by atoms with E-state index < -0.39 is 12.7 Å². The molecular formula is C18H26F2N6O2. The molecule has 3 N–H and O–H groups in total. The number of aryl methyl sites for hydroxylation is 1. The Morgan fingerprint density at radius 3 is 2.54 bits per heavy atom. The molecular weight excluding hydrogens is 370 g/mol. The van der Waals surface area contributed by atoms with Crippen molar-refractivity contribution < 1.29 is 18.6 Å². The molecule has 1 unspecified atom stereocenters. The number of halogens is 2. The van der Waals surface area contributed by atoms with Crippen LogP contribution in [0.4, 0.5) is 8.78 Å². The Balaban J connectivity index is 1.76. The second-order valence-corrected chi connectivity index (χ2v) is 6.02. The van der Waals surface area contributed by atoms with E-state index in [0.29, 0.717) is 18.1 Å². The monoisotopic (exact) mass is 396 g/mol. The first-order valence-corrected chi connectivity index (χ1v) is 9.16. The molecule has 1 atom stereocenters. The van der Waals surface area contributed by atoms with Crippen molar-refractivity contribution in [2.24, 2.45) is 4.99 Å². The van der Waals surface area contributed by atoms with Gasteiger partial charge in [0.1, 0.15) is 18.4 Å². The zero-order valence-electron chi connectivity index (χ0n) is 15.8. The molecule has 0 radical (unpaired) electrons. The molecule has 1 heterocycles. The zero-order valence-corrected chi connectivity index (χ0v) is 15.8. The quantitative estimate of drug-likeness (QED) is 0.305. The van der Waals surface area contributed by atoms with E-state index >= 15 is 0 Å². The number of benzene rings is 1. The molecule has 1 aromatic carbocycles. The molecule has 0 spiro atoms. The highest BCUT2D eigenvalue weighted by atomic mass is 19.3. The van der Waals surface area contributed by atoms with Gasteiger partial charge < -0.3 is 25.0 Å². The number of unbranched alkanes of at least 4 members (excludes halogenated alkanes) is 1. The molecule has 154 valence electrons. The molecule has 0 saturated carbocycles. The van der Waals surface area contributed by atoms with Crippen molar-refractivity contribution >= 4 is 5.96 Å². The third-order valence-electron chi connectivity index (χ3n) is 3.86. The summed E-state index contributed by atoms with van der Waals surface area (Å²) in [4.78, 5) is 4.38. The van der Waals surface area contributed by atoms with E-state index in [1.54, 1.807) is 24.8 Å². The maximum absolute atomic E-state index is 12.2. The summed E-state index contributed by atoms with van der Waals surface area (Å²) in [6.07, 6.45) is 4.44. The van der Waals surface area contributed by atoms with Gasteiger partial charge >= 0.3 is 6.61 Å². The molecule has 28 heavy (non-hydrogen) atoms. The van der Waals surface area contributed by atoms with Crippen LogP contribution < -0.4 is 15.4 Å². The normalized spacial score (nSPS) is 12.8. The van der Waals surface area contributed by atoms with Gasteiger partial charge in [-0.3, -0.25) is 4.99 Å². The van der Waals surface area contributed by atoms with Crippen LogP contribution in [0.25, 0.3) is 0 Å². The Kier molecular flexibility index (Phi) is 9.13. The minimum atomic E-state index is -2.87. The summed E-state index contributed by atoms with van der Waals surface area (Å²) in [6, 6.07) is 5.88. The number of aliphatic hydroxyl groups excluding tert-OH is 1. The molecule has 10 heteroatoms. The Morgan fingerprint density at radius 1 is 1.18 bits per heavy atom. The van der Waals surface area contributed by atoms with Crippen LogP contribution in [0.5, 0.6) is 5.75 Å². The summed E-state index contributed by atoms with van der Waals surface area (Å²) in [7, 11) is 0. The van der Waals surface area contributed by atoms with E-state index in [1.807, 2.05) is 11.5 Å². The van der Waals surface area contributed by atoms with E-state index in [0.717, 1.165) is 25.9 Å². The van der Waals surface area contributed by atoms with Gasteiger partial charge in [-0.1, -0.05) is 12.1 Å². The standard InChI is InChI=1S/C18H26F2N6O2/c1-2-21-18(22-9-3-4-10-26-12-24-25-13-26)23-11-16(27)14-5-7-15(8-6-14)28-17(19)20/h5-8,12-13,16-17,27H,2-4,9-11H2,1H3,(H2,21,22,23). The largest absolute Gasteiger partial charge is 0.435 e. The third kappa shape index (κ3) is 7.87. The van der Waals surface area contributed by atoms with Gasteiger partial charge in [0.05, 0.1) is 12.6 Å². The molecule has 0 aliphatic carbocycles. The number of ether oxygens (including phenoxy) is 1. The van der Waals surface area contributed by atoms with Gasteiger partial charge in [-0.15, -0.1) is 10.2 Å². The lowest BCUT2D eigenvalue weighted by atomic mass is 10.1. The first kappa shape index (κ1) is 21.5. The van der Waals surface area contributed by atoms with Crippen LogP contribution >= 0.6 is 0 Å². The fraction of sp³-hybridized carbons (Fsp3) is 0.500. The number of aliphatic imine (C=N–C) groups is 1. The van der Waals surface area contributed by atoms with Crippen LogP contribution in [0.3, 0.4) is 0 Å². The smallest absolute Gasteiger partial charge is 0.387 e. The van der Waals surface area contributed by atoms with Gasteiger partial charge in [0.2, 0.25) is 0 Å². The number of guanidine groups is 1. The molecule has 2 rings (SSSR count). The molecule has 0 bridgehead atoms. The fourth-order valence-electron chi connectivity index (χ4n) is 2.46. The Morgan fingerprint density at radius 2 is 1.89 bits per heavy atom. The summed E-state index contributed by atoms with van der Waals surface area (Å²) in [6.45, 7) is 1.52. The number of nitrogens with one attached hydrogen (secondary N) is 2. The van der Waals surface area contributed by atoms with E-state index in [2.05, 4.69) is 30.6 Å². The van der Waals surface area contributed by atoms with Gasteiger partial charge in [0, 0.05) is 19.6 Å². The molecule has 0 aliphatic heterocycles. The average Bonchev–Trinajstić information content (AvgIpc) is 3.19. The van der Waals surface area contributed by atoms with E-state index in [-0.39, 0.29) is 12.3 Å². The van der Waals surface area contributed by atoms with Gasteiger partial charge in [-0.2, -0.15) is 8.78 Å². The number of aliphatic hydroxyl groups is 1. The lowest BCUT2D eigenvalue weighted by Crippen LogP contribution is -2.38. The predicted molar refractivity (Wildman–Crippen MR) is 101 cm³/mol. The van der Waals surface area contributed by atoms with Crippen molar-refractivity contribution in [1.29, 1.82) is 0 Å². The lowest BCUT2D eigenvalue weighted by molar-refractivity contribution is -0.0498. The van der Waals surface area contributed by atoms with Crippen molar-refractivity contribution in [1.82, 2.24) is 25.4 Å². The van der Waals surface area contributed by atoms with Crippen LogP contribution in [-0.2, 0) is 6.54 Å². The minimum Gasteiger partial charge on any atom is -0.435 e. The first-order valence-electron chi connectivity index (χ1n) is 9.16. The SMILES string of the molecule is CCNC(=NCC(O)c1ccc(OC(F)F)cc1)NCCCCn1cnnc1. The molecule has 0 saturated heterocycles. The van der Waals surface area contributed by atoms with Gasteiger partial charge in [0.25, 0.3) is 0 Å². The summed E-state index contributed by atoms with van der Waals surface area (Å²) >= 11 is 0. The number of rotatable bonds is 11. The number of nitrogens with zero attached hydrogens (tertiary/aromatic N) is 4. The average molecular weight is 396 g/mol. The highest BCUT2D eigenvalue weighted by molar-refractivity contribution is 5.79. The topological polar surface area (TPSA) is 96.6 Å². The second-order valence-electron chi connectivity index (χ2n) is 6.02. The third-order valence-corrected chi connectivity index (χ3v) is 3.86. The molecule has 0 aliphatic rings. The fourth-order valence-corrected chi connectivity index (χ4v) is 2.46. The van der Waals surface area contributed by atoms with Crippen LogP contribution in [0.2, 0.25) is 0 Å². The van der Waals surface area contributed by atoms with Crippen LogP contribution in [0.15, 0.2) is 41.9 Å². The van der Waals surface area contributed by atoms with Gasteiger partial charge in [-0.05, 0) is 37.5 Å². The second kappa shape index (κ2) is 11.9. The molecule has 0 fully saturated rings. The van der Waals surface area contributed by atoms with Crippen LogP contribution in [0, 0.1) is 0 Å². The van der Waals surface area contributed by atoms with E-state index in [1.165, 1.54) is 12.1 Å². The van der Waals surface area contributed by atoms with E-state index in [4.69, 9.17) is 0 Å². The summed E-state index contributed by atoms with van der Waals surface area (Å²) in [5.41, 5.74) is 0.579. The van der Waals surface area contributed by atoms with Crippen molar-refractivity contribution in [3.8, 4) is 5.75 Å². The van der Waals surface area contributed by atoms with Gasteiger partial charge in [0.15, 0.2) is 5.96 Å². The predicted octanol–water partition coefficient (Wildman–Crippen LogP) is 1.95. The molecule has 1 aromatic heterocycles. The minimum absolute atomic E-state index is 0.0518. The van der Waals surface area contributed by atoms with Crippen molar-refractivity contribution in [2.45, 2.75) is 39.0 Å².